The van der Waals surface area contributed by atoms with E-state index in [-0.39, 0.29) is 0 Å². The average Bonchev–Trinajstić information content (AvgIpc) is 2.69. The summed E-state index contributed by atoms with van der Waals surface area (Å²) in [5, 5.41) is 0. The molecule has 0 radical (unpaired) electrons. The maximum absolute atomic E-state index is 5.34. The standard InChI is InChI=1S/C13H15NO/c1-10(2)6-11-7-12(9-14-8-11)13-4-3-5-15-13/h3-5,7-10H,6H2,1-2H3. The Hall–Kier alpha value is -1.57. The molecule has 0 atom stereocenters. The summed E-state index contributed by atoms with van der Waals surface area (Å²) in [6, 6.07) is 5.99. The highest BCUT2D eigenvalue weighted by atomic mass is 16.3. The second kappa shape index (κ2) is 4.30. The van der Waals surface area contributed by atoms with Gasteiger partial charge in [0.1, 0.15) is 5.76 Å². The summed E-state index contributed by atoms with van der Waals surface area (Å²) in [6.45, 7) is 4.42. The lowest BCUT2D eigenvalue weighted by Gasteiger charge is -2.05. The molecule has 0 unspecified atom stereocenters. The normalized spacial score (nSPS) is 10.9. The van der Waals surface area contributed by atoms with Gasteiger partial charge in [-0.2, -0.15) is 0 Å². The largest absolute Gasteiger partial charge is 0.464 e. The Morgan fingerprint density at radius 1 is 1.33 bits per heavy atom. The first-order valence-corrected chi connectivity index (χ1v) is 5.23. The van der Waals surface area contributed by atoms with Crippen LogP contribution in [0.15, 0.2) is 41.3 Å². The molecule has 0 spiro atoms. The summed E-state index contributed by atoms with van der Waals surface area (Å²) in [5.41, 5.74) is 2.32. The minimum atomic E-state index is 0.652. The first-order valence-electron chi connectivity index (χ1n) is 5.23. The smallest absolute Gasteiger partial charge is 0.135 e. The highest BCUT2D eigenvalue weighted by molar-refractivity contribution is 5.56. The van der Waals surface area contributed by atoms with E-state index in [0.29, 0.717) is 5.92 Å². The molecule has 2 heterocycles. The van der Waals surface area contributed by atoms with E-state index in [0.717, 1.165) is 17.7 Å². The highest BCUT2D eigenvalue weighted by Crippen LogP contribution is 2.20. The monoisotopic (exact) mass is 201 g/mol. The van der Waals surface area contributed by atoms with Gasteiger partial charge >= 0.3 is 0 Å². The second-order valence-corrected chi connectivity index (χ2v) is 4.16. The molecule has 2 nitrogen and oxygen atoms in total. The Balaban J connectivity index is 2.27. The molecule has 2 heteroatoms. The van der Waals surface area contributed by atoms with Crippen LogP contribution in [0.4, 0.5) is 0 Å². The Morgan fingerprint density at radius 2 is 2.20 bits per heavy atom. The molecule has 0 fully saturated rings. The number of hydrogen-bond donors (Lipinski definition) is 0. The van der Waals surface area contributed by atoms with E-state index in [1.54, 1.807) is 6.26 Å². The van der Waals surface area contributed by atoms with Crippen molar-refractivity contribution >= 4 is 0 Å². The fraction of sp³-hybridized carbons (Fsp3) is 0.308. The number of pyridine rings is 1. The van der Waals surface area contributed by atoms with E-state index in [4.69, 9.17) is 4.42 Å². The third kappa shape index (κ3) is 2.46. The molecule has 0 saturated carbocycles. The van der Waals surface area contributed by atoms with Gasteiger partial charge in [-0.15, -0.1) is 0 Å². The van der Waals surface area contributed by atoms with E-state index in [1.807, 2.05) is 24.5 Å². The van der Waals surface area contributed by atoms with Gasteiger partial charge in [0, 0.05) is 18.0 Å². The Bertz CT molecular complexity index is 418. The molecule has 0 aromatic carbocycles. The van der Waals surface area contributed by atoms with Crippen LogP contribution in [-0.2, 0) is 6.42 Å². The topological polar surface area (TPSA) is 26.0 Å². The fourth-order valence-electron chi connectivity index (χ4n) is 1.65. The van der Waals surface area contributed by atoms with Crippen molar-refractivity contribution in [3.63, 3.8) is 0 Å². The molecule has 0 saturated heterocycles. The van der Waals surface area contributed by atoms with Crippen molar-refractivity contribution in [2.45, 2.75) is 20.3 Å². The molecule has 0 aliphatic heterocycles. The van der Waals surface area contributed by atoms with E-state index >= 15 is 0 Å². The van der Waals surface area contributed by atoms with Gasteiger partial charge in [0.05, 0.1) is 6.26 Å². The maximum atomic E-state index is 5.34. The molecular formula is C13H15NO. The lowest BCUT2D eigenvalue weighted by molar-refractivity contribution is 0.581. The third-order valence-electron chi connectivity index (χ3n) is 2.24. The molecule has 2 rings (SSSR count). The minimum Gasteiger partial charge on any atom is -0.464 e. The van der Waals surface area contributed by atoms with Crippen LogP contribution in [0, 0.1) is 5.92 Å². The van der Waals surface area contributed by atoms with Crippen LogP contribution in [0.1, 0.15) is 19.4 Å². The Kier molecular flexibility index (Phi) is 2.86. The van der Waals surface area contributed by atoms with Crippen LogP contribution in [0.25, 0.3) is 11.3 Å². The number of hydrogen-bond acceptors (Lipinski definition) is 2. The molecule has 0 aliphatic rings. The van der Waals surface area contributed by atoms with Crippen molar-refractivity contribution in [1.82, 2.24) is 4.98 Å². The number of furan rings is 1. The summed E-state index contributed by atoms with van der Waals surface area (Å²) in [6.07, 6.45) is 6.50. The van der Waals surface area contributed by atoms with E-state index in [9.17, 15) is 0 Å². The molecule has 0 amide bonds. The predicted octanol–water partition coefficient (Wildman–Crippen LogP) is 3.54. The fourth-order valence-corrected chi connectivity index (χ4v) is 1.65. The van der Waals surface area contributed by atoms with Crippen LogP contribution in [0.5, 0.6) is 0 Å². The molecular weight excluding hydrogens is 186 g/mol. The van der Waals surface area contributed by atoms with Gasteiger partial charge in [0.2, 0.25) is 0 Å². The van der Waals surface area contributed by atoms with Crippen molar-refractivity contribution in [1.29, 1.82) is 0 Å². The third-order valence-corrected chi connectivity index (χ3v) is 2.24. The summed E-state index contributed by atoms with van der Waals surface area (Å²) >= 11 is 0. The zero-order valence-electron chi connectivity index (χ0n) is 9.10. The van der Waals surface area contributed by atoms with Crippen LogP contribution in [-0.4, -0.2) is 4.98 Å². The minimum absolute atomic E-state index is 0.652. The molecule has 0 N–H and O–H groups in total. The first kappa shape index (κ1) is 9.97. The van der Waals surface area contributed by atoms with Gasteiger partial charge < -0.3 is 4.42 Å². The highest BCUT2D eigenvalue weighted by Gasteiger charge is 2.03. The van der Waals surface area contributed by atoms with Crippen molar-refractivity contribution in [2.24, 2.45) is 5.92 Å². The quantitative estimate of drug-likeness (QED) is 0.759. The summed E-state index contributed by atoms with van der Waals surface area (Å²) < 4.78 is 5.34. The van der Waals surface area contributed by atoms with Crippen LogP contribution in [0.3, 0.4) is 0 Å². The van der Waals surface area contributed by atoms with Gasteiger partial charge in [-0.1, -0.05) is 13.8 Å². The van der Waals surface area contributed by atoms with Crippen molar-refractivity contribution in [3.05, 3.63) is 42.4 Å². The van der Waals surface area contributed by atoms with E-state index in [2.05, 4.69) is 24.9 Å². The predicted molar refractivity (Wildman–Crippen MR) is 60.5 cm³/mol. The van der Waals surface area contributed by atoms with Gasteiger partial charge in [0.15, 0.2) is 0 Å². The van der Waals surface area contributed by atoms with Gasteiger partial charge in [-0.3, -0.25) is 4.98 Å². The summed E-state index contributed by atoms with van der Waals surface area (Å²) in [5.74, 6) is 1.53. The molecule has 0 bridgehead atoms. The van der Waals surface area contributed by atoms with Gasteiger partial charge in [-0.05, 0) is 36.1 Å². The molecule has 78 valence electrons. The SMILES string of the molecule is CC(C)Cc1cncc(-c2ccco2)c1. The van der Waals surface area contributed by atoms with E-state index in [1.165, 1.54) is 5.56 Å². The number of nitrogens with zero attached hydrogens (tertiary/aromatic N) is 1. The van der Waals surface area contributed by atoms with Crippen molar-refractivity contribution in [2.75, 3.05) is 0 Å². The number of rotatable bonds is 3. The van der Waals surface area contributed by atoms with E-state index < -0.39 is 0 Å². The zero-order valence-corrected chi connectivity index (χ0v) is 9.10. The lowest BCUT2D eigenvalue weighted by atomic mass is 10.0. The van der Waals surface area contributed by atoms with Crippen molar-refractivity contribution in [3.8, 4) is 11.3 Å². The Morgan fingerprint density at radius 3 is 2.87 bits per heavy atom. The van der Waals surface area contributed by atoms with Crippen molar-refractivity contribution < 1.29 is 4.42 Å². The summed E-state index contributed by atoms with van der Waals surface area (Å²) in [4.78, 5) is 4.23. The summed E-state index contributed by atoms with van der Waals surface area (Å²) in [7, 11) is 0. The molecule has 15 heavy (non-hydrogen) atoms. The second-order valence-electron chi connectivity index (χ2n) is 4.16. The lowest BCUT2D eigenvalue weighted by Crippen LogP contribution is -1.94. The van der Waals surface area contributed by atoms with Crippen LogP contribution >= 0.6 is 0 Å². The maximum Gasteiger partial charge on any atom is 0.135 e. The zero-order chi connectivity index (χ0) is 10.7. The van der Waals surface area contributed by atoms with Crippen LogP contribution < -0.4 is 0 Å². The number of aromatic nitrogens is 1. The Labute approximate surface area is 90.0 Å². The molecule has 0 aliphatic carbocycles. The molecule has 2 aromatic heterocycles. The van der Waals surface area contributed by atoms with Gasteiger partial charge in [0.25, 0.3) is 0 Å². The molecule has 2 aromatic rings. The van der Waals surface area contributed by atoms with Crippen LogP contribution in [0.2, 0.25) is 0 Å². The van der Waals surface area contributed by atoms with Gasteiger partial charge in [-0.25, -0.2) is 0 Å². The first-order chi connectivity index (χ1) is 7.25. The average molecular weight is 201 g/mol.